The smallest absolute Gasteiger partial charge is 0.315 e. The van der Waals surface area contributed by atoms with E-state index in [-0.39, 0.29) is 17.5 Å². The Labute approximate surface area is 160 Å². The van der Waals surface area contributed by atoms with Crippen molar-refractivity contribution in [1.29, 1.82) is 0 Å². The van der Waals surface area contributed by atoms with Crippen LogP contribution in [0.15, 0.2) is 60.7 Å². The molecule has 2 N–H and O–H groups in total. The van der Waals surface area contributed by atoms with E-state index in [1.807, 2.05) is 60.7 Å². The third-order valence-corrected chi connectivity index (χ3v) is 5.34. The summed E-state index contributed by atoms with van der Waals surface area (Å²) in [5, 5.41) is 6.38. The van der Waals surface area contributed by atoms with Crippen molar-refractivity contribution in [3.05, 3.63) is 71.8 Å². The van der Waals surface area contributed by atoms with Crippen LogP contribution in [0, 0.1) is 0 Å². The number of carbonyl (C=O) groups excluding carboxylic acids is 2. The van der Waals surface area contributed by atoms with Crippen LogP contribution in [0.2, 0.25) is 0 Å². The van der Waals surface area contributed by atoms with Gasteiger partial charge in [-0.1, -0.05) is 67.6 Å². The van der Waals surface area contributed by atoms with E-state index in [1.165, 1.54) is 4.90 Å². The van der Waals surface area contributed by atoms with Crippen LogP contribution < -0.4 is 10.6 Å². The van der Waals surface area contributed by atoms with Crippen LogP contribution in [0.3, 0.4) is 0 Å². The van der Waals surface area contributed by atoms with Crippen LogP contribution in [0.5, 0.6) is 0 Å². The first-order valence-electron chi connectivity index (χ1n) is 9.41. The van der Waals surface area contributed by atoms with E-state index in [9.17, 15) is 9.59 Å². The molecule has 1 aliphatic rings. The van der Waals surface area contributed by atoms with E-state index in [2.05, 4.69) is 31.4 Å². The molecule has 5 nitrogen and oxygen atoms in total. The van der Waals surface area contributed by atoms with Gasteiger partial charge in [-0.2, -0.15) is 0 Å². The van der Waals surface area contributed by atoms with Gasteiger partial charge in [0, 0.05) is 18.6 Å². The molecule has 2 aromatic carbocycles. The topological polar surface area (TPSA) is 61.4 Å². The van der Waals surface area contributed by atoms with Crippen LogP contribution >= 0.6 is 0 Å². The van der Waals surface area contributed by atoms with E-state index in [1.54, 1.807) is 0 Å². The number of urea groups is 1. The van der Waals surface area contributed by atoms with Crippen molar-refractivity contribution >= 4 is 11.9 Å². The number of nitrogens with zero attached hydrogens (tertiary/aromatic N) is 1. The summed E-state index contributed by atoms with van der Waals surface area (Å²) in [6, 6.07) is 18.5. The molecule has 0 radical (unpaired) electrons. The average molecular weight is 365 g/mol. The number of nitrogens with one attached hydrogen (secondary N) is 2. The van der Waals surface area contributed by atoms with Gasteiger partial charge >= 0.3 is 6.03 Å². The Morgan fingerprint density at radius 1 is 0.963 bits per heavy atom. The van der Waals surface area contributed by atoms with Gasteiger partial charge < -0.3 is 10.6 Å². The molecule has 0 saturated carbocycles. The van der Waals surface area contributed by atoms with Gasteiger partial charge in [-0.3, -0.25) is 9.69 Å². The van der Waals surface area contributed by atoms with Crippen molar-refractivity contribution in [3.63, 3.8) is 0 Å². The number of amides is 3. The lowest BCUT2D eigenvalue weighted by atomic mass is 9.82. The summed E-state index contributed by atoms with van der Waals surface area (Å²) in [7, 11) is 0. The van der Waals surface area contributed by atoms with Crippen molar-refractivity contribution < 1.29 is 9.59 Å². The summed E-state index contributed by atoms with van der Waals surface area (Å²) >= 11 is 0. The zero-order chi connectivity index (χ0) is 19.5. The Balaban J connectivity index is 1.92. The minimum Gasteiger partial charge on any atom is -0.315 e. The van der Waals surface area contributed by atoms with Crippen molar-refractivity contribution in [1.82, 2.24) is 15.5 Å². The van der Waals surface area contributed by atoms with Crippen LogP contribution in [0.4, 0.5) is 4.79 Å². The summed E-state index contributed by atoms with van der Waals surface area (Å²) in [4.78, 5) is 27.5. The highest BCUT2D eigenvalue weighted by Gasteiger charge is 2.53. The first-order valence-corrected chi connectivity index (χ1v) is 9.41. The molecule has 0 bridgehead atoms. The predicted octanol–water partition coefficient (Wildman–Crippen LogP) is 3.26. The quantitative estimate of drug-likeness (QED) is 0.741. The first kappa shape index (κ1) is 19.1. The Bertz CT molecular complexity index is 763. The summed E-state index contributed by atoms with van der Waals surface area (Å²) in [5.74, 6) is -0.235. The zero-order valence-corrected chi connectivity index (χ0v) is 16.2. The summed E-state index contributed by atoms with van der Waals surface area (Å²) in [6.07, 6.45) is 0.963. The molecule has 27 heavy (non-hydrogen) atoms. The molecule has 1 fully saturated rings. The summed E-state index contributed by atoms with van der Waals surface area (Å²) in [6.45, 7) is 7.21. The van der Waals surface area contributed by atoms with Crippen molar-refractivity contribution in [2.24, 2.45) is 0 Å². The fourth-order valence-corrected chi connectivity index (χ4v) is 3.34. The third kappa shape index (κ3) is 3.60. The number of benzene rings is 2. The van der Waals surface area contributed by atoms with Crippen LogP contribution in [-0.4, -0.2) is 35.5 Å². The largest absolute Gasteiger partial charge is 0.325 e. The van der Waals surface area contributed by atoms with E-state index < -0.39 is 5.54 Å². The standard InChI is InChI=1S/C22H27N3O2/c1-4-21(2,3)23-15-16-25-19(26)22(24-20(25)27,17-11-7-5-8-12-17)18-13-9-6-10-14-18/h5-14,23H,4,15-16H2,1-3H3,(H,24,27). The Morgan fingerprint density at radius 3 is 1.96 bits per heavy atom. The fraction of sp³-hybridized carbons (Fsp3) is 0.364. The highest BCUT2D eigenvalue weighted by molar-refractivity contribution is 6.09. The molecule has 3 rings (SSSR count). The summed E-state index contributed by atoms with van der Waals surface area (Å²) < 4.78 is 0. The second-order valence-corrected chi connectivity index (χ2v) is 7.53. The minimum absolute atomic E-state index is 0.0325. The maximum Gasteiger partial charge on any atom is 0.325 e. The molecule has 5 heteroatoms. The molecule has 142 valence electrons. The third-order valence-electron chi connectivity index (χ3n) is 5.34. The lowest BCUT2D eigenvalue weighted by molar-refractivity contribution is -0.130. The first-order chi connectivity index (χ1) is 12.9. The van der Waals surface area contributed by atoms with E-state index >= 15 is 0 Å². The maximum atomic E-state index is 13.5. The van der Waals surface area contributed by atoms with Crippen LogP contribution in [-0.2, 0) is 10.3 Å². The molecule has 1 saturated heterocycles. The van der Waals surface area contributed by atoms with Gasteiger partial charge in [0.1, 0.15) is 0 Å². The summed E-state index contributed by atoms with van der Waals surface area (Å²) in [5.41, 5.74) is 0.313. The second kappa shape index (κ2) is 7.53. The Kier molecular flexibility index (Phi) is 5.33. The number of imide groups is 1. The lowest BCUT2D eigenvalue weighted by Gasteiger charge is -2.28. The maximum absolute atomic E-state index is 13.5. The monoisotopic (exact) mass is 365 g/mol. The van der Waals surface area contributed by atoms with Crippen molar-refractivity contribution in [2.75, 3.05) is 13.1 Å². The molecule has 0 unspecified atom stereocenters. The molecule has 0 aliphatic carbocycles. The van der Waals surface area contributed by atoms with E-state index in [0.717, 1.165) is 17.5 Å². The normalized spacial score (nSPS) is 16.5. The molecule has 1 aliphatic heterocycles. The Hall–Kier alpha value is -2.66. The van der Waals surface area contributed by atoms with Crippen molar-refractivity contribution in [3.8, 4) is 0 Å². The second-order valence-electron chi connectivity index (χ2n) is 7.53. The Morgan fingerprint density at radius 2 is 1.48 bits per heavy atom. The molecule has 1 heterocycles. The number of hydrogen-bond donors (Lipinski definition) is 2. The van der Waals surface area contributed by atoms with E-state index in [0.29, 0.717) is 13.1 Å². The fourth-order valence-electron chi connectivity index (χ4n) is 3.34. The van der Waals surface area contributed by atoms with Gasteiger partial charge in [-0.15, -0.1) is 0 Å². The van der Waals surface area contributed by atoms with Crippen LogP contribution in [0.1, 0.15) is 38.3 Å². The number of hydrogen-bond acceptors (Lipinski definition) is 3. The number of rotatable bonds is 7. The van der Waals surface area contributed by atoms with Gasteiger partial charge in [-0.05, 0) is 31.4 Å². The van der Waals surface area contributed by atoms with Gasteiger partial charge in [0.25, 0.3) is 5.91 Å². The predicted molar refractivity (Wildman–Crippen MR) is 106 cm³/mol. The SMILES string of the molecule is CCC(C)(C)NCCN1C(=O)NC(c2ccccc2)(c2ccccc2)C1=O. The number of carbonyl (C=O) groups is 2. The molecular formula is C22H27N3O2. The molecule has 0 spiro atoms. The molecule has 3 amide bonds. The molecule has 0 aromatic heterocycles. The molecule has 0 atom stereocenters. The van der Waals surface area contributed by atoms with Crippen LogP contribution in [0.25, 0.3) is 0 Å². The zero-order valence-electron chi connectivity index (χ0n) is 16.2. The van der Waals surface area contributed by atoms with Gasteiger partial charge in [0.15, 0.2) is 5.54 Å². The van der Waals surface area contributed by atoms with Crippen molar-refractivity contribution in [2.45, 2.75) is 38.3 Å². The van der Waals surface area contributed by atoms with Gasteiger partial charge in [0.2, 0.25) is 0 Å². The highest BCUT2D eigenvalue weighted by atomic mass is 16.2. The minimum atomic E-state index is -1.18. The molecule has 2 aromatic rings. The lowest BCUT2D eigenvalue weighted by Crippen LogP contribution is -2.46. The van der Waals surface area contributed by atoms with Gasteiger partial charge in [0.05, 0.1) is 0 Å². The highest BCUT2D eigenvalue weighted by Crippen LogP contribution is 2.35. The average Bonchev–Trinajstić information content (AvgIpc) is 2.95. The van der Waals surface area contributed by atoms with E-state index in [4.69, 9.17) is 0 Å². The van der Waals surface area contributed by atoms with Gasteiger partial charge in [-0.25, -0.2) is 4.79 Å². The molecular weight excluding hydrogens is 338 g/mol.